The molecule has 0 N–H and O–H groups in total. The standard InChI is InChI=1S/C20H16BrN3O3/c1-11-4-3-5-15(10-11)24-18-16(17(22-24)12(2)25)19(26)23(20(18)27)14-8-6-13(21)7-9-14/h3-10,16,18H,1-2H3/t16-,18-/m1/s1. The van der Waals surface area contributed by atoms with E-state index in [2.05, 4.69) is 21.0 Å². The van der Waals surface area contributed by atoms with Crippen LogP contribution in [0.5, 0.6) is 0 Å². The zero-order valence-corrected chi connectivity index (χ0v) is 16.3. The van der Waals surface area contributed by atoms with Gasteiger partial charge in [-0.2, -0.15) is 5.10 Å². The molecule has 6 nitrogen and oxygen atoms in total. The van der Waals surface area contributed by atoms with Crippen LogP contribution >= 0.6 is 15.9 Å². The van der Waals surface area contributed by atoms with Gasteiger partial charge < -0.3 is 0 Å². The highest BCUT2D eigenvalue weighted by molar-refractivity contribution is 9.10. The zero-order chi connectivity index (χ0) is 19.3. The molecule has 27 heavy (non-hydrogen) atoms. The highest BCUT2D eigenvalue weighted by atomic mass is 79.9. The molecule has 4 rings (SSSR count). The van der Waals surface area contributed by atoms with Crippen LogP contribution in [0.25, 0.3) is 0 Å². The van der Waals surface area contributed by atoms with Gasteiger partial charge in [-0.05, 0) is 48.9 Å². The Hall–Kier alpha value is -2.80. The second kappa shape index (κ2) is 6.42. The van der Waals surface area contributed by atoms with E-state index in [0.717, 1.165) is 14.9 Å². The maximum atomic E-state index is 13.2. The van der Waals surface area contributed by atoms with Crippen LogP contribution in [0.1, 0.15) is 12.5 Å². The smallest absolute Gasteiger partial charge is 0.259 e. The molecular formula is C20H16BrN3O3. The van der Waals surface area contributed by atoms with E-state index in [9.17, 15) is 14.4 Å². The first-order chi connectivity index (χ1) is 12.9. The summed E-state index contributed by atoms with van der Waals surface area (Å²) >= 11 is 3.35. The number of nitrogens with zero attached hydrogens (tertiary/aromatic N) is 3. The lowest BCUT2D eigenvalue weighted by atomic mass is 9.95. The molecule has 0 aromatic heterocycles. The van der Waals surface area contributed by atoms with Crippen molar-refractivity contribution in [1.29, 1.82) is 0 Å². The van der Waals surface area contributed by atoms with Crippen LogP contribution in [0, 0.1) is 12.8 Å². The van der Waals surface area contributed by atoms with E-state index >= 15 is 0 Å². The Morgan fingerprint density at radius 2 is 1.74 bits per heavy atom. The van der Waals surface area contributed by atoms with E-state index in [-0.39, 0.29) is 17.4 Å². The van der Waals surface area contributed by atoms with Crippen LogP contribution in [-0.2, 0) is 14.4 Å². The minimum absolute atomic E-state index is 0.125. The third-order valence-corrected chi connectivity index (χ3v) is 5.29. The first kappa shape index (κ1) is 17.6. The fourth-order valence-corrected chi connectivity index (χ4v) is 3.80. The predicted octanol–water partition coefficient (Wildman–Crippen LogP) is 3.08. The molecule has 2 amide bonds. The lowest BCUT2D eigenvalue weighted by Crippen LogP contribution is -2.39. The summed E-state index contributed by atoms with van der Waals surface area (Å²) in [4.78, 5) is 39.5. The molecule has 2 aromatic carbocycles. The summed E-state index contributed by atoms with van der Waals surface area (Å²) in [7, 11) is 0. The van der Waals surface area contributed by atoms with Gasteiger partial charge in [0.1, 0.15) is 17.7 Å². The molecule has 0 spiro atoms. The van der Waals surface area contributed by atoms with E-state index in [1.807, 2.05) is 31.2 Å². The van der Waals surface area contributed by atoms with Gasteiger partial charge in [0.15, 0.2) is 5.78 Å². The third kappa shape index (κ3) is 2.78. The van der Waals surface area contributed by atoms with Gasteiger partial charge in [-0.25, -0.2) is 4.90 Å². The molecule has 2 aliphatic rings. The van der Waals surface area contributed by atoms with Crippen molar-refractivity contribution < 1.29 is 14.4 Å². The third-order valence-electron chi connectivity index (χ3n) is 4.76. The SMILES string of the molecule is CC(=O)C1=NN(c2cccc(C)c2)[C@H]2C(=O)N(c3ccc(Br)cc3)C(=O)[C@H]12. The van der Waals surface area contributed by atoms with Crippen molar-refractivity contribution in [3.05, 3.63) is 58.6 Å². The molecule has 2 heterocycles. The summed E-state index contributed by atoms with van der Waals surface area (Å²) in [6, 6.07) is 13.6. The molecule has 0 unspecified atom stereocenters. The molecular weight excluding hydrogens is 410 g/mol. The number of anilines is 2. The van der Waals surface area contributed by atoms with Crippen molar-refractivity contribution in [3.63, 3.8) is 0 Å². The molecule has 2 aliphatic heterocycles. The number of benzene rings is 2. The quantitative estimate of drug-likeness (QED) is 0.708. The van der Waals surface area contributed by atoms with Gasteiger partial charge in [0.2, 0.25) is 5.91 Å². The van der Waals surface area contributed by atoms with Gasteiger partial charge in [-0.1, -0.05) is 28.1 Å². The number of amides is 2. The molecule has 0 bridgehead atoms. The summed E-state index contributed by atoms with van der Waals surface area (Å²) in [6.45, 7) is 3.30. The van der Waals surface area contributed by atoms with Crippen LogP contribution in [0.3, 0.4) is 0 Å². The fraction of sp³-hybridized carbons (Fsp3) is 0.200. The van der Waals surface area contributed by atoms with Gasteiger partial charge in [-0.3, -0.25) is 19.4 Å². The highest BCUT2D eigenvalue weighted by Gasteiger charge is 2.58. The number of carbonyl (C=O) groups is 3. The maximum absolute atomic E-state index is 13.2. The Labute approximate surface area is 164 Å². The summed E-state index contributed by atoms with van der Waals surface area (Å²) in [6.07, 6.45) is 0. The van der Waals surface area contributed by atoms with E-state index < -0.39 is 17.9 Å². The van der Waals surface area contributed by atoms with Crippen molar-refractivity contribution in [3.8, 4) is 0 Å². The number of aryl methyl sites for hydroxylation is 1. The monoisotopic (exact) mass is 425 g/mol. The zero-order valence-electron chi connectivity index (χ0n) is 14.7. The summed E-state index contributed by atoms with van der Waals surface area (Å²) < 4.78 is 0.845. The number of hydrogen-bond acceptors (Lipinski definition) is 5. The maximum Gasteiger partial charge on any atom is 0.259 e. The molecule has 7 heteroatoms. The normalized spacial score (nSPS) is 21.5. The van der Waals surface area contributed by atoms with Crippen LogP contribution in [-0.4, -0.2) is 29.4 Å². The van der Waals surface area contributed by atoms with E-state index in [1.54, 1.807) is 24.3 Å². The molecule has 2 aromatic rings. The molecule has 0 aliphatic carbocycles. The number of halogens is 1. The Kier molecular flexibility index (Phi) is 4.19. The Balaban J connectivity index is 1.80. The van der Waals surface area contributed by atoms with Crippen LogP contribution in [0.15, 0.2) is 58.1 Å². The predicted molar refractivity (Wildman–Crippen MR) is 106 cm³/mol. The van der Waals surface area contributed by atoms with Crippen molar-refractivity contribution in [1.82, 2.24) is 0 Å². The summed E-state index contributed by atoms with van der Waals surface area (Å²) in [5, 5.41) is 5.86. The number of rotatable bonds is 3. The van der Waals surface area contributed by atoms with Crippen LogP contribution in [0.4, 0.5) is 11.4 Å². The number of ketones is 1. The topological polar surface area (TPSA) is 70.1 Å². The first-order valence-electron chi connectivity index (χ1n) is 8.47. The number of hydrazone groups is 1. The van der Waals surface area contributed by atoms with Gasteiger partial charge >= 0.3 is 0 Å². The molecule has 0 radical (unpaired) electrons. The highest BCUT2D eigenvalue weighted by Crippen LogP contribution is 2.38. The number of fused-ring (bicyclic) bond motifs is 1. The minimum atomic E-state index is -0.890. The number of imide groups is 1. The van der Waals surface area contributed by atoms with Gasteiger partial charge in [0, 0.05) is 11.4 Å². The summed E-state index contributed by atoms with van der Waals surface area (Å²) in [5.41, 5.74) is 2.28. The second-order valence-electron chi connectivity index (χ2n) is 6.64. The van der Waals surface area contributed by atoms with Gasteiger partial charge in [-0.15, -0.1) is 0 Å². The van der Waals surface area contributed by atoms with E-state index in [4.69, 9.17) is 0 Å². The largest absolute Gasteiger partial charge is 0.293 e. The first-order valence-corrected chi connectivity index (χ1v) is 9.26. The molecule has 1 saturated heterocycles. The van der Waals surface area contributed by atoms with Crippen molar-refractivity contribution >= 4 is 50.6 Å². The lowest BCUT2D eigenvalue weighted by Gasteiger charge is -2.22. The number of carbonyl (C=O) groups excluding carboxylic acids is 3. The Bertz CT molecular complexity index is 1000. The number of Topliss-reactive ketones (excluding diaryl/α,β-unsaturated/α-hetero) is 1. The van der Waals surface area contributed by atoms with Crippen molar-refractivity contribution in [2.45, 2.75) is 19.9 Å². The molecule has 0 saturated carbocycles. The van der Waals surface area contributed by atoms with Gasteiger partial charge in [0.25, 0.3) is 5.91 Å². The van der Waals surface area contributed by atoms with Crippen molar-refractivity contribution in [2.75, 3.05) is 9.91 Å². The average Bonchev–Trinajstić information content (AvgIpc) is 3.14. The molecule has 1 fully saturated rings. The van der Waals surface area contributed by atoms with Crippen LogP contribution in [0.2, 0.25) is 0 Å². The second-order valence-corrected chi connectivity index (χ2v) is 7.55. The Morgan fingerprint density at radius 3 is 2.37 bits per heavy atom. The molecule has 2 atom stereocenters. The summed E-state index contributed by atoms with van der Waals surface area (Å²) in [5.74, 6) is -2.00. The minimum Gasteiger partial charge on any atom is -0.293 e. The lowest BCUT2D eigenvalue weighted by molar-refractivity contribution is -0.122. The molecule has 136 valence electrons. The van der Waals surface area contributed by atoms with E-state index in [1.165, 1.54) is 11.9 Å². The average molecular weight is 426 g/mol. The van der Waals surface area contributed by atoms with Gasteiger partial charge in [0.05, 0.1) is 11.4 Å². The number of hydrogen-bond donors (Lipinski definition) is 0. The van der Waals surface area contributed by atoms with Crippen molar-refractivity contribution in [2.24, 2.45) is 11.0 Å². The van der Waals surface area contributed by atoms with Crippen LogP contribution < -0.4 is 9.91 Å². The Morgan fingerprint density at radius 1 is 1.04 bits per heavy atom. The van der Waals surface area contributed by atoms with E-state index in [0.29, 0.717) is 11.4 Å². The fourth-order valence-electron chi connectivity index (χ4n) is 3.53.